The first-order chi connectivity index (χ1) is 10.2. The van der Waals surface area contributed by atoms with Crippen LogP contribution in [0, 0.1) is 10.1 Å². The number of hydrogen-bond donors (Lipinski definition) is 1. The molecule has 9 heteroatoms. The fourth-order valence-electron chi connectivity index (χ4n) is 2.58. The number of hydrogen-bond acceptors (Lipinski definition) is 4. The Morgan fingerprint density at radius 1 is 1.41 bits per heavy atom. The molecule has 1 aromatic rings. The number of nitro groups is 1. The molecule has 1 aliphatic rings. The van der Waals surface area contributed by atoms with Gasteiger partial charge in [-0.2, -0.15) is 13.2 Å². The second-order valence-electron chi connectivity index (χ2n) is 4.91. The minimum Gasteiger partial charge on any atom is -0.496 e. The number of benzene rings is 1. The van der Waals surface area contributed by atoms with E-state index in [2.05, 4.69) is 0 Å². The molecule has 1 aromatic carbocycles. The van der Waals surface area contributed by atoms with Crippen LogP contribution in [-0.2, 0) is 17.6 Å². The lowest BCUT2D eigenvalue weighted by molar-refractivity contribution is -0.385. The third kappa shape index (κ3) is 3.12. The van der Waals surface area contributed by atoms with Crippen LogP contribution in [0.5, 0.6) is 5.75 Å². The van der Waals surface area contributed by atoms with Crippen molar-refractivity contribution in [1.82, 2.24) is 5.32 Å². The first kappa shape index (κ1) is 16.1. The van der Waals surface area contributed by atoms with E-state index in [0.29, 0.717) is 23.3 Å². The summed E-state index contributed by atoms with van der Waals surface area (Å²) in [6, 6.07) is 1.92. The van der Waals surface area contributed by atoms with Crippen molar-refractivity contribution in [3.8, 4) is 5.75 Å². The average Bonchev–Trinajstić information content (AvgIpc) is 2.44. The van der Waals surface area contributed by atoms with Crippen LogP contribution in [0.4, 0.5) is 18.9 Å². The van der Waals surface area contributed by atoms with E-state index in [4.69, 9.17) is 4.74 Å². The Hall–Kier alpha value is -2.32. The van der Waals surface area contributed by atoms with Crippen molar-refractivity contribution in [3.63, 3.8) is 0 Å². The lowest BCUT2D eigenvalue weighted by Gasteiger charge is -2.26. The van der Waals surface area contributed by atoms with E-state index >= 15 is 0 Å². The molecule has 1 N–H and O–H groups in total. The van der Waals surface area contributed by atoms with Crippen LogP contribution < -0.4 is 10.1 Å². The topological polar surface area (TPSA) is 81.5 Å². The van der Waals surface area contributed by atoms with Gasteiger partial charge in [0.15, 0.2) is 0 Å². The average molecular weight is 318 g/mol. The molecule has 0 aliphatic heterocycles. The van der Waals surface area contributed by atoms with Crippen LogP contribution in [0.25, 0.3) is 0 Å². The van der Waals surface area contributed by atoms with Gasteiger partial charge in [0.25, 0.3) is 5.69 Å². The van der Waals surface area contributed by atoms with Crippen molar-refractivity contribution in [2.45, 2.75) is 31.5 Å². The van der Waals surface area contributed by atoms with Gasteiger partial charge in [0.2, 0.25) is 0 Å². The van der Waals surface area contributed by atoms with E-state index in [1.54, 1.807) is 0 Å². The number of amides is 1. The molecular weight excluding hydrogens is 305 g/mol. The quantitative estimate of drug-likeness (QED) is 0.684. The maximum absolute atomic E-state index is 12.3. The van der Waals surface area contributed by atoms with E-state index in [0.717, 1.165) is 0 Å². The molecule has 0 bridgehead atoms. The highest BCUT2D eigenvalue weighted by atomic mass is 19.4. The van der Waals surface area contributed by atoms with Gasteiger partial charge in [-0.15, -0.1) is 0 Å². The second kappa shape index (κ2) is 5.82. The number of ether oxygens (including phenoxy) is 1. The molecule has 0 saturated heterocycles. The number of fused-ring (bicyclic) bond motifs is 1. The largest absolute Gasteiger partial charge is 0.496 e. The van der Waals surface area contributed by atoms with E-state index in [1.165, 1.54) is 19.2 Å². The number of nitro benzene ring substituents is 1. The summed E-state index contributed by atoms with van der Waals surface area (Å²) in [5.74, 6) is -1.58. The standard InChI is InChI=1S/C13H13F3N2O4/c1-22-11-5-4-10(18(20)21)9-6-7(2-3-8(9)11)17-12(19)13(14,15)16/h4-5,7H,2-3,6H2,1H3,(H,17,19). The molecule has 22 heavy (non-hydrogen) atoms. The smallest absolute Gasteiger partial charge is 0.471 e. The number of nitrogens with zero attached hydrogens (tertiary/aromatic N) is 1. The van der Waals surface area contributed by atoms with Gasteiger partial charge in [-0.3, -0.25) is 14.9 Å². The Balaban J connectivity index is 2.29. The molecule has 1 atom stereocenters. The molecule has 0 heterocycles. The van der Waals surface area contributed by atoms with Gasteiger partial charge in [-0.1, -0.05) is 0 Å². The number of carbonyl (C=O) groups is 1. The van der Waals surface area contributed by atoms with Crippen molar-refractivity contribution in [1.29, 1.82) is 0 Å². The first-order valence-electron chi connectivity index (χ1n) is 6.45. The molecule has 0 fully saturated rings. The lowest BCUT2D eigenvalue weighted by atomic mass is 9.86. The molecule has 0 aromatic heterocycles. The monoisotopic (exact) mass is 318 g/mol. The molecule has 2 rings (SSSR count). The number of nitrogens with one attached hydrogen (secondary N) is 1. The molecule has 1 aliphatic carbocycles. The first-order valence-corrected chi connectivity index (χ1v) is 6.45. The maximum Gasteiger partial charge on any atom is 0.471 e. The molecular formula is C13H13F3N2O4. The molecule has 120 valence electrons. The minimum absolute atomic E-state index is 0.0370. The summed E-state index contributed by atoms with van der Waals surface area (Å²) < 4.78 is 42.0. The summed E-state index contributed by atoms with van der Waals surface area (Å²) in [4.78, 5) is 21.5. The van der Waals surface area contributed by atoms with Gasteiger partial charge in [0.05, 0.1) is 12.0 Å². The van der Waals surface area contributed by atoms with Gasteiger partial charge in [0.1, 0.15) is 5.75 Å². The summed E-state index contributed by atoms with van der Waals surface area (Å²) in [7, 11) is 1.42. The van der Waals surface area contributed by atoms with Gasteiger partial charge in [0, 0.05) is 23.2 Å². The molecule has 0 radical (unpaired) electrons. The summed E-state index contributed by atoms with van der Waals surface area (Å²) in [6.45, 7) is 0. The SMILES string of the molecule is COc1ccc([N+](=O)[O-])c2c1CCC(NC(=O)C(F)(F)F)C2. The summed E-state index contributed by atoms with van der Waals surface area (Å²) in [5, 5.41) is 12.9. The van der Waals surface area contributed by atoms with E-state index in [9.17, 15) is 28.1 Å². The second-order valence-corrected chi connectivity index (χ2v) is 4.91. The zero-order valence-electron chi connectivity index (χ0n) is 11.6. The highest BCUT2D eigenvalue weighted by molar-refractivity contribution is 5.82. The summed E-state index contributed by atoms with van der Waals surface area (Å²) in [5.41, 5.74) is 0.735. The van der Waals surface area contributed by atoms with Crippen molar-refractivity contribution >= 4 is 11.6 Å². The Labute approximate surface area is 123 Å². The Bertz CT molecular complexity index is 616. The zero-order valence-corrected chi connectivity index (χ0v) is 11.6. The van der Waals surface area contributed by atoms with Gasteiger partial charge < -0.3 is 10.1 Å². The van der Waals surface area contributed by atoms with Gasteiger partial charge >= 0.3 is 12.1 Å². The Morgan fingerprint density at radius 2 is 2.09 bits per heavy atom. The molecule has 0 spiro atoms. The third-order valence-corrected chi connectivity index (χ3v) is 3.57. The number of alkyl halides is 3. The number of halogens is 3. The minimum atomic E-state index is -4.97. The van der Waals surface area contributed by atoms with E-state index < -0.39 is 23.0 Å². The van der Waals surface area contributed by atoms with Crippen molar-refractivity contribution in [2.24, 2.45) is 0 Å². The predicted octanol–water partition coefficient (Wildman–Crippen LogP) is 2.14. The van der Waals surface area contributed by atoms with E-state index in [1.807, 2.05) is 5.32 Å². The van der Waals surface area contributed by atoms with Crippen LogP contribution in [0.15, 0.2) is 12.1 Å². The summed E-state index contributed by atoms with van der Waals surface area (Å²) >= 11 is 0. The highest BCUT2D eigenvalue weighted by Gasteiger charge is 2.40. The van der Waals surface area contributed by atoms with Crippen molar-refractivity contribution in [2.75, 3.05) is 7.11 Å². The summed E-state index contributed by atoms with van der Waals surface area (Å²) in [6.07, 6.45) is -4.46. The Morgan fingerprint density at radius 3 is 2.64 bits per heavy atom. The molecule has 1 amide bonds. The van der Waals surface area contributed by atoms with Crippen LogP contribution >= 0.6 is 0 Å². The van der Waals surface area contributed by atoms with Gasteiger partial charge in [-0.05, 0) is 25.3 Å². The van der Waals surface area contributed by atoms with Crippen LogP contribution in [0.1, 0.15) is 17.5 Å². The zero-order chi connectivity index (χ0) is 16.5. The molecule has 0 saturated carbocycles. The van der Waals surface area contributed by atoms with Crippen LogP contribution in [0.2, 0.25) is 0 Å². The number of carbonyl (C=O) groups excluding carboxylic acids is 1. The van der Waals surface area contributed by atoms with E-state index in [-0.39, 0.29) is 18.5 Å². The van der Waals surface area contributed by atoms with Crippen LogP contribution in [-0.4, -0.2) is 30.2 Å². The maximum atomic E-state index is 12.3. The number of methoxy groups -OCH3 is 1. The fraction of sp³-hybridized carbons (Fsp3) is 0.462. The lowest BCUT2D eigenvalue weighted by Crippen LogP contribution is -2.45. The molecule has 1 unspecified atom stereocenters. The normalized spacial score (nSPS) is 17.5. The van der Waals surface area contributed by atoms with Gasteiger partial charge in [-0.25, -0.2) is 0 Å². The van der Waals surface area contributed by atoms with Crippen molar-refractivity contribution < 1.29 is 27.6 Å². The predicted molar refractivity (Wildman–Crippen MR) is 69.7 cm³/mol. The Kier molecular flexibility index (Phi) is 4.25. The fourth-order valence-corrected chi connectivity index (χ4v) is 2.58. The molecule has 6 nitrogen and oxygen atoms in total. The highest BCUT2D eigenvalue weighted by Crippen LogP contribution is 2.36. The third-order valence-electron chi connectivity index (χ3n) is 3.57. The number of rotatable bonds is 3. The van der Waals surface area contributed by atoms with Crippen LogP contribution in [0.3, 0.4) is 0 Å². The van der Waals surface area contributed by atoms with Crippen molar-refractivity contribution in [3.05, 3.63) is 33.4 Å².